The highest BCUT2D eigenvalue weighted by atomic mass is 15.4. The average molecular weight is 227 g/mol. The molecule has 0 saturated heterocycles. The summed E-state index contributed by atoms with van der Waals surface area (Å²) in [7, 11) is 0. The van der Waals surface area contributed by atoms with Crippen LogP contribution in [-0.2, 0) is 0 Å². The molecular formula is C14H17N3. The van der Waals surface area contributed by atoms with Crippen LogP contribution in [0.1, 0.15) is 24.9 Å². The van der Waals surface area contributed by atoms with Crippen molar-refractivity contribution in [3.63, 3.8) is 0 Å². The Kier molecular flexibility index (Phi) is 2.39. The molecule has 3 rings (SSSR count). The van der Waals surface area contributed by atoms with Crippen LogP contribution in [0.2, 0.25) is 0 Å². The van der Waals surface area contributed by atoms with Crippen molar-refractivity contribution in [2.45, 2.75) is 26.3 Å². The lowest BCUT2D eigenvalue weighted by molar-refractivity contribution is 0.453. The van der Waals surface area contributed by atoms with E-state index in [0.717, 1.165) is 18.7 Å². The van der Waals surface area contributed by atoms with E-state index in [-0.39, 0.29) is 0 Å². The van der Waals surface area contributed by atoms with Gasteiger partial charge in [0.05, 0.1) is 11.7 Å². The highest BCUT2D eigenvalue weighted by Gasteiger charge is 2.22. The zero-order chi connectivity index (χ0) is 11.8. The van der Waals surface area contributed by atoms with Crippen LogP contribution in [-0.4, -0.2) is 16.3 Å². The minimum Gasteiger partial charge on any atom is -0.370 e. The number of nitrogens with one attached hydrogen (secondary N) is 1. The summed E-state index contributed by atoms with van der Waals surface area (Å²) in [6, 6.07) is 10.9. The normalized spacial score (nSPS) is 18.6. The van der Waals surface area contributed by atoms with E-state index in [1.807, 2.05) is 6.07 Å². The highest BCUT2D eigenvalue weighted by molar-refractivity contribution is 5.69. The molecule has 2 aromatic rings. The predicted molar refractivity (Wildman–Crippen MR) is 70.2 cm³/mol. The van der Waals surface area contributed by atoms with Gasteiger partial charge in [-0.3, -0.25) is 0 Å². The van der Waals surface area contributed by atoms with Gasteiger partial charge in [0.25, 0.3) is 0 Å². The fourth-order valence-corrected chi connectivity index (χ4v) is 2.44. The van der Waals surface area contributed by atoms with Crippen LogP contribution in [0.25, 0.3) is 11.3 Å². The van der Waals surface area contributed by atoms with Gasteiger partial charge >= 0.3 is 0 Å². The summed E-state index contributed by atoms with van der Waals surface area (Å²) in [4.78, 5) is 0. The third-order valence-corrected chi connectivity index (χ3v) is 3.47. The summed E-state index contributed by atoms with van der Waals surface area (Å²) in [5, 5.41) is 8.21. The smallest absolute Gasteiger partial charge is 0.128 e. The first-order chi connectivity index (χ1) is 8.27. The molecule has 1 aliphatic heterocycles. The first-order valence-electron chi connectivity index (χ1n) is 6.16. The molecule has 1 atom stereocenters. The monoisotopic (exact) mass is 227 g/mol. The number of fused-ring (bicyclic) bond motifs is 1. The van der Waals surface area contributed by atoms with Crippen molar-refractivity contribution in [3.8, 4) is 11.3 Å². The number of nitrogens with zero attached hydrogens (tertiary/aromatic N) is 2. The largest absolute Gasteiger partial charge is 0.370 e. The third kappa shape index (κ3) is 1.62. The molecular weight excluding hydrogens is 210 g/mol. The Bertz CT molecular complexity index is 528. The Balaban J connectivity index is 2.14. The predicted octanol–water partition coefficient (Wildman–Crippen LogP) is 3.24. The van der Waals surface area contributed by atoms with Crippen molar-refractivity contribution < 1.29 is 0 Å². The van der Waals surface area contributed by atoms with Gasteiger partial charge in [-0.25, -0.2) is 4.68 Å². The number of benzene rings is 1. The molecule has 3 nitrogen and oxygen atoms in total. The van der Waals surface area contributed by atoms with Crippen molar-refractivity contribution >= 4 is 5.82 Å². The molecule has 1 unspecified atom stereocenters. The second-order valence-corrected chi connectivity index (χ2v) is 4.70. The SMILES string of the molecule is Cc1c(-c2ccccc2)nn2c1NCCC2C. The number of hydrogen-bond acceptors (Lipinski definition) is 2. The third-order valence-electron chi connectivity index (χ3n) is 3.47. The highest BCUT2D eigenvalue weighted by Crippen LogP contribution is 2.32. The molecule has 1 aromatic heterocycles. The minimum absolute atomic E-state index is 0.488. The average Bonchev–Trinajstić information content (AvgIpc) is 2.70. The van der Waals surface area contributed by atoms with E-state index < -0.39 is 0 Å². The lowest BCUT2D eigenvalue weighted by atomic mass is 10.1. The van der Waals surface area contributed by atoms with Gasteiger partial charge in [0, 0.05) is 17.7 Å². The molecule has 2 heterocycles. The Morgan fingerprint density at radius 3 is 2.76 bits per heavy atom. The van der Waals surface area contributed by atoms with Crippen molar-refractivity contribution in [2.24, 2.45) is 0 Å². The summed E-state index contributed by atoms with van der Waals surface area (Å²) in [6.45, 7) is 5.42. The Hall–Kier alpha value is -1.77. The lowest BCUT2D eigenvalue weighted by Gasteiger charge is -2.22. The molecule has 1 aromatic carbocycles. The van der Waals surface area contributed by atoms with Gasteiger partial charge in [-0.05, 0) is 20.3 Å². The molecule has 0 radical (unpaired) electrons. The van der Waals surface area contributed by atoms with Gasteiger partial charge in [0.1, 0.15) is 5.82 Å². The van der Waals surface area contributed by atoms with Crippen LogP contribution in [0, 0.1) is 6.92 Å². The molecule has 1 N–H and O–H groups in total. The first-order valence-corrected chi connectivity index (χ1v) is 6.16. The summed E-state index contributed by atoms with van der Waals surface area (Å²) in [5.41, 5.74) is 3.55. The van der Waals surface area contributed by atoms with Crippen molar-refractivity contribution in [1.82, 2.24) is 9.78 Å². The molecule has 0 saturated carbocycles. The fraction of sp³-hybridized carbons (Fsp3) is 0.357. The van der Waals surface area contributed by atoms with Crippen LogP contribution >= 0.6 is 0 Å². The van der Waals surface area contributed by atoms with E-state index in [9.17, 15) is 0 Å². The van der Waals surface area contributed by atoms with E-state index in [4.69, 9.17) is 5.10 Å². The number of rotatable bonds is 1. The van der Waals surface area contributed by atoms with Gasteiger partial charge in [0.15, 0.2) is 0 Å². The van der Waals surface area contributed by atoms with Gasteiger partial charge in [-0.15, -0.1) is 0 Å². The molecule has 3 heteroatoms. The molecule has 0 aliphatic carbocycles. The Morgan fingerprint density at radius 2 is 2.06 bits per heavy atom. The van der Waals surface area contributed by atoms with Gasteiger partial charge in [0.2, 0.25) is 0 Å². The topological polar surface area (TPSA) is 29.9 Å². The minimum atomic E-state index is 0.488. The van der Waals surface area contributed by atoms with E-state index in [1.165, 1.54) is 16.9 Å². The maximum absolute atomic E-state index is 4.76. The van der Waals surface area contributed by atoms with Gasteiger partial charge in [-0.2, -0.15) is 5.10 Å². The van der Waals surface area contributed by atoms with E-state index in [0.29, 0.717) is 6.04 Å². The molecule has 0 bridgehead atoms. The number of anilines is 1. The second kappa shape index (κ2) is 3.91. The second-order valence-electron chi connectivity index (χ2n) is 4.70. The first kappa shape index (κ1) is 10.4. The Morgan fingerprint density at radius 1 is 1.29 bits per heavy atom. The van der Waals surface area contributed by atoms with Gasteiger partial charge < -0.3 is 5.32 Å². The molecule has 88 valence electrons. The maximum Gasteiger partial charge on any atom is 0.128 e. The van der Waals surface area contributed by atoms with Crippen LogP contribution in [0.4, 0.5) is 5.82 Å². The van der Waals surface area contributed by atoms with Crippen molar-refractivity contribution in [3.05, 3.63) is 35.9 Å². The van der Waals surface area contributed by atoms with E-state index in [2.05, 4.69) is 48.1 Å². The lowest BCUT2D eigenvalue weighted by Crippen LogP contribution is -2.21. The number of aromatic nitrogens is 2. The maximum atomic E-state index is 4.76. The molecule has 17 heavy (non-hydrogen) atoms. The molecule has 0 fully saturated rings. The van der Waals surface area contributed by atoms with Crippen molar-refractivity contribution in [1.29, 1.82) is 0 Å². The summed E-state index contributed by atoms with van der Waals surface area (Å²) < 4.78 is 2.13. The van der Waals surface area contributed by atoms with Gasteiger partial charge in [-0.1, -0.05) is 30.3 Å². The van der Waals surface area contributed by atoms with E-state index in [1.54, 1.807) is 0 Å². The van der Waals surface area contributed by atoms with E-state index >= 15 is 0 Å². The summed E-state index contributed by atoms with van der Waals surface area (Å²) in [6.07, 6.45) is 1.14. The number of hydrogen-bond donors (Lipinski definition) is 1. The molecule has 0 spiro atoms. The van der Waals surface area contributed by atoms with Crippen LogP contribution in [0.5, 0.6) is 0 Å². The molecule has 0 amide bonds. The summed E-state index contributed by atoms with van der Waals surface area (Å²) in [5.74, 6) is 1.18. The summed E-state index contributed by atoms with van der Waals surface area (Å²) >= 11 is 0. The fourth-order valence-electron chi connectivity index (χ4n) is 2.44. The zero-order valence-corrected chi connectivity index (χ0v) is 10.3. The van der Waals surface area contributed by atoms with Crippen LogP contribution in [0.3, 0.4) is 0 Å². The standard InChI is InChI=1S/C14H17N3/c1-10-8-9-15-14-11(2)13(16-17(10)14)12-6-4-3-5-7-12/h3-7,10,15H,8-9H2,1-2H3. The Labute approximate surface area is 101 Å². The van der Waals surface area contributed by atoms with Crippen LogP contribution in [0.15, 0.2) is 30.3 Å². The zero-order valence-electron chi connectivity index (χ0n) is 10.3. The van der Waals surface area contributed by atoms with Crippen LogP contribution < -0.4 is 5.32 Å². The van der Waals surface area contributed by atoms with Crippen molar-refractivity contribution in [2.75, 3.05) is 11.9 Å². The quantitative estimate of drug-likeness (QED) is 0.810. The molecule has 1 aliphatic rings.